The summed E-state index contributed by atoms with van der Waals surface area (Å²) in [5.41, 5.74) is 1.31. The van der Waals surface area contributed by atoms with Crippen molar-refractivity contribution in [3.63, 3.8) is 0 Å². The van der Waals surface area contributed by atoms with Gasteiger partial charge in [-0.25, -0.2) is 4.98 Å². The molecule has 1 aromatic heterocycles. The minimum atomic E-state index is -0.687. The molecular formula is C24H35N5O3. The molecule has 1 atom stereocenters. The van der Waals surface area contributed by atoms with E-state index in [4.69, 9.17) is 0 Å². The highest BCUT2D eigenvalue weighted by Gasteiger charge is 2.29. The van der Waals surface area contributed by atoms with E-state index in [0.717, 1.165) is 30.6 Å². The van der Waals surface area contributed by atoms with Crippen molar-refractivity contribution in [3.8, 4) is 0 Å². The Labute approximate surface area is 190 Å². The van der Waals surface area contributed by atoms with Crippen molar-refractivity contribution >= 4 is 23.4 Å². The van der Waals surface area contributed by atoms with E-state index in [9.17, 15) is 14.4 Å². The van der Waals surface area contributed by atoms with Gasteiger partial charge in [-0.3, -0.25) is 19.7 Å². The molecule has 4 rings (SSSR count). The van der Waals surface area contributed by atoms with Crippen LogP contribution in [-0.4, -0.2) is 66.4 Å². The molecule has 3 amide bonds. The van der Waals surface area contributed by atoms with Gasteiger partial charge < -0.3 is 15.1 Å². The van der Waals surface area contributed by atoms with Gasteiger partial charge in [-0.15, -0.1) is 0 Å². The van der Waals surface area contributed by atoms with Crippen LogP contribution in [0.3, 0.4) is 0 Å². The lowest BCUT2D eigenvalue weighted by Crippen LogP contribution is -2.52. The minimum Gasteiger partial charge on any atom is -0.370 e. The van der Waals surface area contributed by atoms with E-state index in [-0.39, 0.29) is 18.0 Å². The van der Waals surface area contributed by atoms with Crippen LogP contribution in [-0.2, 0) is 9.59 Å². The van der Waals surface area contributed by atoms with Crippen LogP contribution >= 0.6 is 0 Å². The summed E-state index contributed by atoms with van der Waals surface area (Å²) in [4.78, 5) is 44.8. The van der Waals surface area contributed by atoms with E-state index in [1.54, 1.807) is 12.3 Å². The van der Waals surface area contributed by atoms with Crippen LogP contribution in [0.1, 0.15) is 62.4 Å². The summed E-state index contributed by atoms with van der Waals surface area (Å²) < 4.78 is 0. The molecule has 0 saturated carbocycles. The molecule has 174 valence electrons. The van der Waals surface area contributed by atoms with Gasteiger partial charge in [-0.2, -0.15) is 0 Å². The number of piperidine rings is 3. The lowest BCUT2D eigenvalue weighted by molar-refractivity contribution is -0.134. The lowest BCUT2D eigenvalue weighted by Gasteiger charge is -2.38. The third kappa shape index (κ3) is 5.65. The zero-order chi connectivity index (χ0) is 22.5. The lowest BCUT2D eigenvalue weighted by atomic mass is 9.91. The standard InChI is InChI=1S/C24H35N5O3/c1-2-17-7-11-28(12-8-17)16-18-9-13-29(14-10-18)19-3-4-20(25-15-19)23(31)26-21-5-6-22(30)27-24(21)32/h3-4,15,17-18,21H,2,5-14,16H2,1H3,(H,26,31)(H,27,30,32). The Hall–Kier alpha value is -2.48. The molecule has 0 spiro atoms. The van der Waals surface area contributed by atoms with Gasteiger partial charge in [0.05, 0.1) is 11.9 Å². The molecule has 3 aliphatic rings. The number of nitrogens with one attached hydrogen (secondary N) is 2. The second kappa shape index (κ2) is 10.4. The third-order valence-electron chi connectivity index (χ3n) is 7.31. The average molecular weight is 442 g/mol. The van der Waals surface area contributed by atoms with Gasteiger partial charge in [0.25, 0.3) is 5.91 Å². The van der Waals surface area contributed by atoms with Crippen LogP contribution < -0.4 is 15.5 Å². The average Bonchev–Trinajstić information content (AvgIpc) is 2.82. The van der Waals surface area contributed by atoms with Crippen LogP contribution in [0.5, 0.6) is 0 Å². The number of likely N-dealkylation sites (tertiary alicyclic amines) is 1. The first kappa shape index (κ1) is 22.7. The van der Waals surface area contributed by atoms with E-state index in [0.29, 0.717) is 6.42 Å². The maximum Gasteiger partial charge on any atom is 0.270 e. The summed E-state index contributed by atoms with van der Waals surface area (Å²) in [6.07, 6.45) is 8.69. The molecule has 8 heteroatoms. The van der Waals surface area contributed by atoms with Crippen molar-refractivity contribution in [1.29, 1.82) is 0 Å². The number of imide groups is 1. The molecule has 3 fully saturated rings. The van der Waals surface area contributed by atoms with Gasteiger partial charge in [0.1, 0.15) is 11.7 Å². The fourth-order valence-corrected chi connectivity index (χ4v) is 5.09. The first-order valence-electron chi connectivity index (χ1n) is 12.1. The Morgan fingerprint density at radius 2 is 1.78 bits per heavy atom. The van der Waals surface area contributed by atoms with Gasteiger partial charge in [0.2, 0.25) is 11.8 Å². The van der Waals surface area contributed by atoms with E-state index in [2.05, 4.69) is 32.3 Å². The number of nitrogens with zero attached hydrogens (tertiary/aromatic N) is 3. The van der Waals surface area contributed by atoms with E-state index in [1.165, 1.54) is 51.7 Å². The predicted molar refractivity (Wildman–Crippen MR) is 122 cm³/mol. The largest absolute Gasteiger partial charge is 0.370 e. The van der Waals surface area contributed by atoms with Crippen LogP contribution in [0.25, 0.3) is 0 Å². The topological polar surface area (TPSA) is 94.6 Å². The Bertz CT molecular complexity index is 811. The van der Waals surface area contributed by atoms with E-state index in [1.807, 2.05) is 6.07 Å². The molecule has 1 unspecified atom stereocenters. The number of carbonyl (C=O) groups is 3. The Morgan fingerprint density at radius 3 is 2.41 bits per heavy atom. The maximum atomic E-state index is 12.4. The molecular weight excluding hydrogens is 406 g/mol. The van der Waals surface area contributed by atoms with Gasteiger partial charge >= 0.3 is 0 Å². The fraction of sp³-hybridized carbons (Fsp3) is 0.667. The molecule has 4 heterocycles. The summed E-state index contributed by atoms with van der Waals surface area (Å²) in [6.45, 7) is 8.07. The van der Waals surface area contributed by atoms with Crippen molar-refractivity contribution < 1.29 is 14.4 Å². The first-order chi connectivity index (χ1) is 15.5. The first-order valence-corrected chi connectivity index (χ1v) is 12.1. The van der Waals surface area contributed by atoms with Crippen LogP contribution in [0.4, 0.5) is 5.69 Å². The van der Waals surface area contributed by atoms with Gasteiger partial charge in [-0.1, -0.05) is 13.3 Å². The molecule has 32 heavy (non-hydrogen) atoms. The summed E-state index contributed by atoms with van der Waals surface area (Å²) in [5, 5.41) is 4.92. The SMILES string of the molecule is CCC1CCN(CC2CCN(c3ccc(C(=O)NC4CCC(=O)NC4=O)nc3)CC2)CC1. The van der Waals surface area contributed by atoms with Crippen LogP contribution in [0, 0.1) is 11.8 Å². The zero-order valence-electron chi connectivity index (χ0n) is 19.0. The van der Waals surface area contributed by atoms with Gasteiger partial charge in [0, 0.05) is 26.1 Å². The fourth-order valence-electron chi connectivity index (χ4n) is 5.09. The van der Waals surface area contributed by atoms with Crippen LogP contribution in [0.15, 0.2) is 18.3 Å². The van der Waals surface area contributed by atoms with Crippen molar-refractivity contribution in [2.45, 2.75) is 57.9 Å². The quantitative estimate of drug-likeness (QED) is 0.656. The summed E-state index contributed by atoms with van der Waals surface area (Å²) >= 11 is 0. The predicted octanol–water partition coefficient (Wildman–Crippen LogP) is 1.95. The summed E-state index contributed by atoms with van der Waals surface area (Å²) in [7, 11) is 0. The van der Waals surface area contributed by atoms with E-state index >= 15 is 0 Å². The molecule has 8 nitrogen and oxygen atoms in total. The third-order valence-corrected chi connectivity index (χ3v) is 7.31. The second-order valence-corrected chi connectivity index (χ2v) is 9.46. The molecule has 0 aromatic carbocycles. The number of hydrogen-bond donors (Lipinski definition) is 2. The van der Waals surface area contributed by atoms with Crippen molar-refractivity contribution in [1.82, 2.24) is 20.5 Å². The Balaban J connectivity index is 1.23. The maximum absolute atomic E-state index is 12.4. The van der Waals surface area contributed by atoms with Crippen molar-refractivity contribution in [3.05, 3.63) is 24.0 Å². The highest BCUT2D eigenvalue weighted by Crippen LogP contribution is 2.26. The highest BCUT2D eigenvalue weighted by atomic mass is 16.2. The van der Waals surface area contributed by atoms with Gasteiger partial charge in [0.15, 0.2) is 0 Å². The number of hydrogen-bond acceptors (Lipinski definition) is 6. The number of aromatic nitrogens is 1. The number of rotatable bonds is 6. The molecule has 0 aliphatic carbocycles. The monoisotopic (exact) mass is 441 g/mol. The van der Waals surface area contributed by atoms with Crippen molar-refractivity contribution in [2.75, 3.05) is 37.6 Å². The second-order valence-electron chi connectivity index (χ2n) is 9.46. The summed E-state index contributed by atoms with van der Waals surface area (Å²) in [6, 6.07) is 2.96. The molecule has 1 aromatic rings. The van der Waals surface area contributed by atoms with E-state index < -0.39 is 17.9 Å². The molecule has 0 bridgehead atoms. The Kier molecular flexibility index (Phi) is 7.40. The molecule has 3 saturated heterocycles. The number of pyridine rings is 1. The number of amides is 3. The minimum absolute atomic E-state index is 0.232. The molecule has 0 radical (unpaired) electrons. The smallest absolute Gasteiger partial charge is 0.270 e. The molecule has 2 N–H and O–H groups in total. The van der Waals surface area contributed by atoms with Crippen molar-refractivity contribution in [2.24, 2.45) is 11.8 Å². The Morgan fingerprint density at radius 1 is 1.06 bits per heavy atom. The highest BCUT2D eigenvalue weighted by molar-refractivity contribution is 6.03. The molecule has 3 aliphatic heterocycles. The zero-order valence-corrected chi connectivity index (χ0v) is 19.0. The van der Waals surface area contributed by atoms with Gasteiger partial charge in [-0.05, 0) is 69.2 Å². The summed E-state index contributed by atoms with van der Waals surface area (Å²) in [5.74, 6) is 0.541. The number of anilines is 1. The number of carbonyl (C=O) groups excluding carboxylic acids is 3. The van der Waals surface area contributed by atoms with Crippen LogP contribution in [0.2, 0.25) is 0 Å². The normalized spacial score (nSPS) is 23.8.